The number of aryl methyl sites for hydroxylation is 1. The van der Waals surface area contributed by atoms with Crippen LogP contribution in [0.4, 0.5) is 0 Å². The summed E-state index contributed by atoms with van der Waals surface area (Å²) >= 11 is 0. The van der Waals surface area contributed by atoms with Gasteiger partial charge in [0.25, 0.3) is 0 Å². The average molecular weight is 547 g/mol. The largest absolute Gasteiger partial charge is 0.427 e. The van der Waals surface area contributed by atoms with E-state index >= 15 is 0 Å². The number of carbonyl (C=O) groups is 2. The fourth-order valence-electron chi connectivity index (χ4n) is 7.07. The molecule has 0 spiro atoms. The molecule has 1 aliphatic carbocycles. The molecule has 6 nitrogen and oxygen atoms in total. The summed E-state index contributed by atoms with van der Waals surface area (Å²) in [7, 11) is 3.80. The summed E-state index contributed by atoms with van der Waals surface area (Å²) in [5, 5.41) is 0. The van der Waals surface area contributed by atoms with Crippen molar-refractivity contribution >= 4 is 11.9 Å². The summed E-state index contributed by atoms with van der Waals surface area (Å²) in [6, 6.07) is 18.6. The molecule has 3 unspecified atom stereocenters. The van der Waals surface area contributed by atoms with Gasteiger partial charge in [-0.15, -0.1) is 6.58 Å². The van der Waals surface area contributed by atoms with Crippen molar-refractivity contribution in [3.63, 3.8) is 0 Å². The van der Waals surface area contributed by atoms with Gasteiger partial charge in [0.05, 0.1) is 5.60 Å². The number of likely N-dealkylation sites (tertiary alicyclic amines) is 1. The van der Waals surface area contributed by atoms with E-state index < -0.39 is 5.60 Å². The van der Waals surface area contributed by atoms with Crippen LogP contribution in [0, 0.1) is 0 Å². The molecule has 1 amide bonds. The minimum absolute atomic E-state index is 0.128. The van der Waals surface area contributed by atoms with Crippen molar-refractivity contribution in [1.82, 2.24) is 9.80 Å². The van der Waals surface area contributed by atoms with E-state index in [2.05, 4.69) is 41.8 Å². The molecule has 0 bridgehead atoms. The molecule has 2 aromatic rings. The number of piperidine rings is 1. The van der Waals surface area contributed by atoms with Crippen molar-refractivity contribution in [1.29, 1.82) is 0 Å². The van der Waals surface area contributed by atoms with Gasteiger partial charge in [-0.2, -0.15) is 0 Å². The first-order valence-electron chi connectivity index (χ1n) is 14.8. The molecule has 40 heavy (non-hydrogen) atoms. The van der Waals surface area contributed by atoms with E-state index in [1.165, 1.54) is 12.5 Å². The normalized spacial score (nSPS) is 24.6. The lowest BCUT2D eigenvalue weighted by Gasteiger charge is -2.60. The lowest BCUT2D eigenvalue weighted by Crippen LogP contribution is -2.68. The maximum absolute atomic E-state index is 13.4. The first-order valence-corrected chi connectivity index (χ1v) is 14.8. The number of hydrogen-bond acceptors (Lipinski definition) is 5. The molecule has 1 aliphatic heterocycles. The topological polar surface area (TPSA) is 59.1 Å². The third kappa shape index (κ3) is 6.67. The number of esters is 1. The van der Waals surface area contributed by atoms with Crippen molar-refractivity contribution < 1.29 is 19.1 Å². The third-order valence-electron chi connectivity index (χ3n) is 9.24. The van der Waals surface area contributed by atoms with Gasteiger partial charge >= 0.3 is 5.97 Å². The zero-order chi connectivity index (χ0) is 28.6. The van der Waals surface area contributed by atoms with Crippen LogP contribution in [-0.4, -0.2) is 67.1 Å². The van der Waals surface area contributed by atoms with Crippen LogP contribution in [0.15, 0.2) is 67.3 Å². The zero-order valence-corrected chi connectivity index (χ0v) is 24.6. The van der Waals surface area contributed by atoms with Crippen molar-refractivity contribution in [2.24, 2.45) is 0 Å². The molecule has 4 rings (SSSR count). The molecule has 2 aliphatic rings. The number of ether oxygens (including phenoxy) is 2. The van der Waals surface area contributed by atoms with Crippen molar-refractivity contribution in [2.45, 2.75) is 81.8 Å². The van der Waals surface area contributed by atoms with E-state index in [1.54, 1.807) is 0 Å². The molecular formula is C34H46N2O4. The monoisotopic (exact) mass is 546 g/mol. The highest BCUT2D eigenvalue weighted by Gasteiger charge is 2.59. The Morgan fingerprint density at radius 1 is 1.10 bits per heavy atom. The summed E-state index contributed by atoms with van der Waals surface area (Å²) in [6.45, 7) is 7.92. The SMILES string of the molecule is C=CCN1CCC2(c3cccc(OC(C)=O)c3)CC(N(C)C(=O)CCCCCc3ccccc3)CCC2(OC)C1. The van der Waals surface area contributed by atoms with Crippen LogP contribution < -0.4 is 4.74 Å². The average Bonchev–Trinajstić information content (AvgIpc) is 2.96. The number of amides is 1. The number of nitrogens with zero attached hydrogens (tertiary/aromatic N) is 2. The first-order chi connectivity index (χ1) is 19.3. The number of rotatable bonds is 12. The maximum atomic E-state index is 13.4. The molecule has 1 saturated carbocycles. The fraction of sp³-hybridized carbons (Fsp3) is 0.529. The molecule has 1 heterocycles. The van der Waals surface area contributed by atoms with Gasteiger partial charge in [0, 0.05) is 52.0 Å². The number of benzene rings is 2. The van der Waals surface area contributed by atoms with Gasteiger partial charge < -0.3 is 14.4 Å². The second kappa shape index (κ2) is 13.6. The molecule has 2 fully saturated rings. The van der Waals surface area contributed by atoms with E-state index in [0.29, 0.717) is 12.2 Å². The second-order valence-electron chi connectivity index (χ2n) is 11.6. The number of carbonyl (C=O) groups excluding carboxylic acids is 2. The molecule has 216 valence electrons. The van der Waals surface area contributed by atoms with Gasteiger partial charge in [0.15, 0.2) is 0 Å². The minimum atomic E-state index is -0.402. The van der Waals surface area contributed by atoms with Crippen LogP contribution >= 0.6 is 0 Å². The summed E-state index contributed by atoms with van der Waals surface area (Å²) in [4.78, 5) is 29.5. The van der Waals surface area contributed by atoms with E-state index in [0.717, 1.165) is 76.6 Å². The molecular weight excluding hydrogens is 500 g/mol. The van der Waals surface area contributed by atoms with Crippen LogP contribution in [0.1, 0.15) is 69.4 Å². The highest BCUT2D eigenvalue weighted by atomic mass is 16.5. The zero-order valence-electron chi connectivity index (χ0n) is 24.6. The van der Waals surface area contributed by atoms with E-state index in [9.17, 15) is 9.59 Å². The second-order valence-corrected chi connectivity index (χ2v) is 11.6. The third-order valence-corrected chi connectivity index (χ3v) is 9.24. The minimum Gasteiger partial charge on any atom is -0.427 e. The molecule has 0 radical (unpaired) electrons. The Bertz CT molecular complexity index is 1150. The first kappa shape index (κ1) is 30.0. The Kier molecular flexibility index (Phi) is 10.2. The summed E-state index contributed by atoms with van der Waals surface area (Å²) in [5.41, 5.74) is 1.78. The maximum Gasteiger partial charge on any atom is 0.308 e. The van der Waals surface area contributed by atoms with Crippen LogP contribution in [0.2, 0.25) is 0 Å². The predicted octanol–water partition coefficient (Wildman–Crippen LogP) is 5.94. The molecule has 6 heteroatoms. The van der Waals surface area contributed by atoms with Gasteiger partial charge in [-0.05, 0) is 74.8 Å². The summed E-state index contributed by atoms with van der Waals surface area (Å²) in [5.74, 6) is 0.451. The molecule has 0 N–H and O–H groups in total. The van der Waals surface area contributed by atoms with E-state index in [1.807, 2.05) is 49.4 Å². The van der Waals surface area contributed by atoms with Crippen molar-refractivity contribution in [2.75, 3.05) is 33.8 Å². The van der Waals surface area contributed by atoms with Crippen molar-refractivity contribution in [3.05, 3.63) is 78.4 Å². The van der Waals surface area contributed by atoms with Crippen LogP contribution in [0.3, 0.4) is 0 Å². The van der Waals surface area contributed by atoms with Gasteiger partial charge in [0.2, 0.25) is 5.91 Å². The predicted molar refractivity (Wildman–Crippen MR) is 159 cm³/mol. The van der Waals surface area contributed by atoms with Crippen LogP contribution in [0.25, 0.3) is 0 Å². The lowest BCUT2D eigenvalue weighted by molar-refractivity contribution is -0.159. The number of hydrogen-bond donors (Lipinski definition) is 0. The van der Waals surface area contributed by atoms with Crippen molar-refractivity contribution in [3.8, 4) is 5.75 Å². The lowest BCUT2D eigenvalue weighted by atomic mass is 9.55. The Morgan fingerprint density at radius 2 is 1.90 bits per heavy atom. The fourth-order valence-corrected chi connectivity index (χ4v) is 7.07. The molecule has 1 saturated heterocycles. The Morgan fingerprint density at radius 3 is 2.62 bits per heavy atom. The Hall–Kier alpha value is -2.96. The van der Waals surface area contributed by atoms with Gasteiger partial charge in [-0.3, -0.25) is 14.5 Å². The number of methoxy groups -OCH3 is 1. The molecule has 2 aromatic carbocycles. The highest BCUT2D eigenvalue weighted by molar-refractivity contribution is 5.76. The van der Waals surface area contributed by atoms with Gasteiger partial charge in [-0.25, -0.2) is 0 Å². The Labute approximate surface area is 240 Å². The van der Waals surface area contributed by atoms with E-state index in [4.69, 9.17) is 9.47 Å². The molecule has 0 aromatic heterocycles. The molecule has 3 atom stereocenters. The summed E-state index contributed by atoms with van der Waals surface area (Å²) < 4.78 is 12.0. The standard InChI is InChI=1S/C34H46N2O4/c1-5-22-36-23-21-33(29-16-12-17-31(24-29)40-27(2)37)25-30(19-20-34(33,26-36)39-4)35(3)32(38)18-11-7-10-15-28-13-8-6-9-14-28/h5-6,8-9,12-14,16-17,24,30H,1,7,10-11,15,18-23,25-26H2,2-4H3. The smallest absolute Gasteiger partial charge is 0.308 e. The summed E-state index contributed by atoms with van der Waals surface area (Å²) in [6.07, 6.45) is 10.1. The quantitative estimate of drug-likeness (QED) is 0.143. The number of unbranched alkanes of at least 4 members (excludes halogenated alkanes) is 2. The van der Waals surface area contributed by atoms with Gasteiger partial charge in [-0.1, -0.05) is 55.0 Å². The highest BCUT2D eigenvalue weighted by Crippen LogP contribution is 2.54. The Balaban J connectivity index is 1.48. The van der Waals surface area contributed by atoms with Crippen LogP contribution in [0.5, 0.6) is 5.75 Å². The number of fused-ring (bicyclic) bond motifs is 1. The van der Waals surface area contributed by atoms with Gasteiger partial charge in [0.1, 0.15) is 5.75 Å². The van der Waals surface area contributed by atoms with E-state index in [-0.39, 0.29) is 23.3 Å². The van der Waals surface area contributed by atoms with Crippen LogP contribution in [-0.2, 0) is 26.2 Å².